The molecule has 1 atom stereocenters. The van der Waals surface area contributed by atoms with Gasteiger partial charge in [-0.15, -0.1) is 0 Å². The Kier molecular flexibility index (Phi) is 7.48. The number of nitrogens with zero attached hydrogens (tertiary/aromatic N) is 1. The Balaban J connectivity index is 1.40. The first-order chi connectivity index (χ1) is 15.7. The van der Waals surface area contributed by atoms with E-state index in [-0.39, 0.29) is 17.8 Å². The molecule has 1 unspecified atom stereocenters. The lowest BCUT2D eigenvalue weighted by atomic mass is 10.0. The SMILES string of the molecule is O=C(NCC(c1ccc(F)cc1)N1CCOCC1)c1cccc(OCc2ccccc2)c1. The zero-order valence-corrected chi connectivity index (χ0v) is 17.9. The number of hydrogen-bond donors (Lipinski definition) is 1. The fourth-order valence-electron chi connectivity index (χ4n) is 3.79. The van der Waals surface area contributed by atoms with Crippen LogP contribution in [0, 0.1) is 5.82 Å². The maximum Gasteiger partial charge on any atom is 0.251 e. The predicted octanol–water partition coefficient (Wildman–Crippen LogP) is 4.21. The maximum absolute atomic E-state index is 13.4. The minimum atomic E-state index is -0.272. The molecule has 1 heterocycles. The van der Waals surface area contributed by atoms with Crippen LogP contribution in [0.15, 0.2) is 78.9 Å². The summed E-state index contributed by atoms with van der Waals surface area (Å²) < 4.78 is 24.7. The van der Waals surface area contributed by atoms with E-state index in [0.29, 0.717) is 37.7 Å². The summed E-state index contributed by atoms with van der Waals surface area (Å²) in [4.78, 5) is 15.1. The summed E-state index contributed by atoms with van der Waals surface area (Å²) >= 11 is 0. The van der Waals surface area contributed by atoms with Gasteiger partial charge in [0.1, 0.15) is 18.2 Å². The minimum Gasteiger partial charge on any atom is -0.489 e. The molecule has 3 aromatic rings. The third-order valence-corrected chi connectivity index (χ3v) is 5.54. The number of ether oxygens (including phenoxy) is 2. The van der Waals surface area contributed by atoms with E-state index in [4.69, 9.17) is 9.47 Å². The molecule has 1 aliphatic rings. The van der Waals surface area contributed by atoms with E-state index in [0.717, 1.165) is 24.2 Å². The Morgan fingerprint density at radius 2 is 1.75 bits per heavy atom. The number of rotatable bonds is 8. The summed E-state index contributed by atoms with van der Waals surface area (Å²) in [6.45, 7) is 3.68. The number of hydrogen-bond acceptors (Lipinski definition) is 4. The van der Waals surface area contributed by atoms with Crippen molar-refractivity contribution in [1.29, 1.82) is 0 Å². The van der Waals surface area contributed by atoms with Crippen molar-refractivity contribution in [2.24, 2.45) is 0 Å². The molecule has 1 fully saturated rings. The van der Waals surface area contributed by atoms with Crippen molar-refractivity contribution in [2.45, 2.75) is 12.6 Å². The Hall–Kier alpha value is -3.22. The Bertz CT molecular complexity index is 1010. The van der Waals surface area contributed by atoms with Crippen LogP contribution < -0.4 is 10.1 Å². The molecule has 0 spiro atoms. The summed E-state index contributed by atoms with van der Waals surface area (Å²) in [7, 11) is 0. The fourth-order valence-corrected chi connectivity index (χ4v) is 3.79. The number of nitrogens with one attached hydrogen (secondary N) is 1. The van der Waals surface area contributed by atoms with Crippen LogP contribution in [0.1, 0.15) is 27.5 Å². The smallest absolute Gasteiger partial charge is 0.251 e. The lowest BCUT2D eigenvalue weighted by molar-refractivity contribution is 0.0162. The Morgan fingerprint density at radius 3 is 2.50 bits per heavy atom. The van der Waals surface area contributed by atoms with Crippen LogP contribution in [0.5, 0.6) is 5.75 Å². The number of carbonyl (C=O) groups excluding carboxylic acids is 1. The lowest BCUT2D eigenvalue weighted by Gasteiger charge is -2.35. The molecule has 4 rings (SSSR count). The summed E-state index contributed by atoms with van der Waals surface area (Å²) in [5.41, 5.74) is 2.57. The van der Waals surface area contributed by atoms with Crippen molar-refractivity contribution < 1.29 is 18.7 Å². The van der Waals surface area contributed by atoms with E-state index in [9.17, 15) is 9.18 Å². The van der Waals surface area contributed by atoms with Gasteiger partial charge < -0.3 is 14.8 Å². The van der Waals surface area contributed by atoms with Crippen molar-refractivity contribution in [1.82, 2.24) is 10.2 Å². The van der Waals surface area contributed by atoms with Gasteiger partial charge >= 0.3 is 0 Å². The van der Waals surface area contributed by atoms with Gasteiger partial charge in [0.15, 0.2) is 0 Å². The molecule has 166 valence electrons. The molecule has 5 nitrogen and oxygen atoms in total. The molecule has 0 aliphatic carbocycles. The van der Waals surface area contributed by atoms with Gasteiger partial charge in [0.25, 0.3) is 5.91 Å². The average Bonchev–Trinajstić information content (AvgIpc) is 2.85. The number of morpholine rings is 1. The van der Waals surface area contributed by atoms with Gasteiger partial charge in [-0.25, -0.2) is 4.39 Å². The van der Waals surface area contributed by atoms with Gasteiger partial charge in [-0.1, -0.05) is 48.5 Å². The molecule has 32 heavy (non-hydrogen) atoms. The van der Waals surface area contributed by atoms with Crippen molar-refractivity contribution >= 4 is 5.91 Å². The van der Waals surface area contributed by atoms with E-state index in [2.05, 4.69) is 10.2 Å². The third-order valence-electron chi connectivity index (χ3n) is 5.54. The summed E-state index contributed by atoms with van der Waals surface area (Å²) in [6.07, 6.45) is 0. The largest absolute Gasteiger partial charge is 0.489 e. The van der Waals surface area contributed by atoms with Crippen LogP contribution in [0.3, 0.4) is 0 Å². The van der Waals surface area contributed by atoms with Crippen LogP contribution in [0.2, 0.25) is 0 Å². The highest BCUT2D eigenvalue weighted by atomic mass is 19.1. The fraction of sp³-hybridized carbons (Fsp3) is 0.269. The van der Waals surface area contributed by atoms with Gasteiger partial charge in [-0.05, 0) is 41.5 Å². The van der Waals surface area contributed by atoms with Crippen molar-refractivity contribution in [3.63, 3.8) is 0 Å². The lowest BCUT2D eigenvalue weighted by Crippen LogP contribution is -2.43. The first kappa shape index (κ1) is 22.0. The van der Waals surface area contributed by atoms with Crippen molar-refractivity contribution in [3.8, 4) is 5.75 Å². The normalized spacial score (nSPS) is 15.2. The standard InChI is InChI=1S/C26H27FN2O3/c27-23-11-9-21(10-12-23)25(29-13-15-31-16-14-29)18-28-26(30)22-7-4-8-24(17-22)32-19-20-5-2-1-3-6-20/h1-12,17,25H,13-16,18-19H2,(H,28,30). The molecule has 3 aromatic carbocycles. The molecule has 1 aliphatic heterocycles. The number of carbonyl (C=O) groups is 1. The van der Waals surface area contributed by atoms with Gasteiger partial charge in [0.2, 0.25) is 0 Å². The zero-order chi connectivity index (χ0) is 22.2. The first-order valence-electron chi connectivity index (χ1n) is 10.8. The molecular weight excluding hydrogens is 407 g/mol. The van der Waals surface area contributed by atoms with Crippen LogP contribution in [-0.4, -0.2) is 43.7 Å². The quantitative estimate of drug-likeness (QED) is 0.577. The van der Waals surface area contributed by atoms with Crippen LogP contribution in [0.25, 0.3) is 0 Å². The van der Waals surface area contributed by atoms with E-state index >= 15 is 0 Å². The highest BCUT2D eigenvalue weighted by Crippen LogP contribution is 2.22. The minimum absolute atomic E-state index is 0.0547. The van der Waals surface area contributed by atoms with Gasteiger partial charge in [-0.3, -0.25) is 9.69 Å². The van der Waals surface area contributed by atoms with E-state index in [1.54, 1.807) is 24.3 Å². The average molecular weight is 435 g/mol. The van der Waals surface area contributed by atoms with Crippen molar-refractivity contribution in [3.05, 3.63) is 101 Å². The molecular formula is C26H27FN2O3. The number of benzene rings is 3. The van der Waals surface area contributed by atoms with E-state index in [1.165, 1.54) is 12.1 Å². The first-order valence-corrected chi connectivity index (χ1v) is 10.8. The number of amides is 1. The molecule has 0 radical (unpaired) electrons. The second kappa shape index (κ2) is 10.9. The highest BCUT2D eigenvalue weighted by Gasteiger charge is 2.23. The van der Waals surface area contributed by atoms with E-state index in [1.807, 2.05) is 42.5 Å². The molecule has 1 N–H and O–H groups in total. The zero-order valence-electron chi connectivity index (χ0n) is 17.9. The summed E-state index contributed by atoms with van der Waals surface area (Å²) in [5, 5.41) is 3.04. The highest BCUT2D eigenvalue weighted by molar-refractivity contribution is 5.94. The monoisotopic (exact) mass is 434 g/mol. The number of halogens is 1. The molecule has 0 bridgehead atoms. The Morgan fingerprint density at radius 1 is 1.00 bits per heavy atom. The molecule has 6 heteroatoms. The Labute approximate surface area is 187 Å². The maximum atomic E-state index is 13.4. The van der Waals surface area contributed by atoms with Crippen LogP contribution in [0.4, 0.5) is 4.39 Å². The molecule has 1 amide bonds. The van der Waals surface area contributed by atoms with Gasteiger partial charge in [0, 0.05) is 25.2 Å². The van der Waals surface area contributed by atoms with Crippen LogP contribution in [-0.2, 0) is 11.3 Å². The molecule has 0 saturated carbocycles. The summed E-state index contributed by atoms with van der Waals surface area (Å²) in [6, 6.07) is 23.5. The molecule has 1 saturated heterocycles. The van der Waals surface area contributed by atoms with E-state index < -0.39 is 0 Å². The van der Waals surface area contributed by atoms with Crippen LogP contribution >= 0.6 is 0 Å². The summed E-state index contributed by atoms with van der Waals surface area (Å²) in [5.74, 6) is 0.200. The van der Waals surface area contributed by atoms with Crippen molar-refractivity contribution in [2.75, 3.05) is 32.8 Å². The molecule has 0 aromatic heterocycles. The topological polar surface area (TPSA) is 50.8 Å². The predicted molar refractivity (Wildman–Crippen MR) is 121 cm³/mol. The second-order valence-corrected chi connectivity index (χ2v) is 7.73. The third kappa shape index (κ3) is 5.93. The van der Waals surface area contributed by atoms with Gasteiger partial charge in [0.05, 0.1) is 19.3 Å². The van der Waals surface area contributed by atoms with Gasteiger partial charge in [-0.2, -0.15) is 0 Å². The second-order valence-electron chi connectivity index (χ2n) is 7.73.